The Hall–Kier alpha value is -2.73. The van der Waals surface area contributed by atoms with Gasteiger partial charge in [-0.25, -0.2) is 0 Å². The van der Waals surface area contributed by atoms with Gasteiger partial charge in [0.2, 0.25) is 11.8 Å². The van der Waals surface area contributed by atoms with E-state index in [1.54, 1.807) is 24.3 Å². The van der Waals surface area contributed by atoms with Gasteiger partial charge in [0, 0.05) is 11.9 Å². The molecule has 142 valence electrons. The van der Waals surface area contributed by atoms with Crippen molar-refractivity contribution < 1.29 is 19.1 Å². The number of ether oxygens (including phenoxy) is 2. The highest BCUT2D eigenvalue weighted by molar-refractivity contribution is 6.30. The van der Waals surface area contributed by atoms with Crippen LogP contribution in [0, 0.1) is 0 Å². The summed E-state index contributed by atoms with van der Waals surface area (Å²) in [4.78, 5) is 23.9. The highest BCUT2D eigenvalue weighted by atomic mass is 35.5. The van der Waals surface area contributed by atoms with Gasteiger partial charge in [0.1, 0.15) is 12.7 Å². The molecule has 0 fully saturated rings. The van der Waals surface area contributed by atoms with Crippen LogP contribution in [0.25, 0.3) is 0 Å². The lowest BCUT2D eigenvalue weighted by molar-refractivity contribution is -0.123. The SMILES string of the molecule is CC(=O)NC(CC(=O)NCC1COc2ccccc2O1)c1ccc(Cl)cc1. The average Bonchev–Trinajstić information content (AvgIpc) is 2.66. The van der Waals surface area contributed by atoms with Crippen molar-refractivity contribution in [3.8, 4) is 11.5 Å². The smallest absolute Gasteiger partial charge is 0.222 e. The Morgan fingerprint density at radius 1 is 1.15 bits per heavy atom. The maximum absolute atomic E-state index is 12.4. The molecule has 2 unspecified atom stereocenters. The summed E-state index contributed by atoms with van der Waals surface area (Å²) in [6, 6.07) is 14.0. The lowest BCUT2D eigenvalue weighted by atomic mass is 10.0. The second-order valence-electron chi connectivity index (χ2n) is 6.31. The van der Waals surface area contributed by atoms with Gasteiger partial charge >= 0.3 is 0 Å². The van der Waals surface area contributed by atoms with E-state index in [1.165, 1.54) is 6.92 Å². The molecule has 0 radical (unpaired) electrons. The van der Waals surface area contributed by atoms with Crippen molar-refractivity contribution >= 4 is 23.4 Å². The van der Waals surface area contributed by atoms with E-state index in [0.717, 1.165) is 5.56 Å². The molecule has 27 heavy (non-hydrogen) atoms. The van der Waals surface area contributed by atoms with Crippen LogP contribution in [0.5, 0.6) is 11.5 Å². The Balaban J connectivity index is 1.55. The van der Waals surface area contributed by atoms with Crippen LogP contribution in [0.4, 0.5) is 0 Å². The maximum Gasteiger partial charge on any atom is 0.222 e. The molecular weight excluding hydrogens is 368 g/mol. The number of fused-ring (bicyclic) bond motifs is 1. The Morgan fingerprint density at radius 3 is 2.56 bits per heavy atom. The van der Waals surface area contributed by atoms with E-state index in [1.807, 2.05) is 24.3 Å². The minimum atomic E-state index is -0.427. The minimum absolute atomic E-state index is 0.116. The molecule has 7 heteroatoms. The van der Waals surface area contributed by atoms with E-state index in [0.29, 0.717) is 29.7 Å². The molecule has 1 aliphatic rings. The van der Waals surface area contributed by atoms with Gasteiger partial charge in [-0.2, -0.15) is 0 Å². The Labute approximate surface area is 162 Å². The van der Waals surface area contributed by atoms with Crippen LogP contribution < -0.4 is 20.1 Å². The number of nitrogens with one attached hydrogen (secondary N) is 2. The fraction of sp³-hybridized carbons (Fsp3) is 0.300. The topological polar surface area (TPSA) is 76.7 Å². The van der Waals surface area contributed by atoms with Crippen LogP contribution in [0.15, 0.2) is 48.5 Å². The predicted octanol–water partition coefficient (Wildman–Crippen LogP) is 2.86. The summed E-state index contributed by atoms with van der Waals surface area (Å²) in [6.45, 7) is 2.11. The first-order valence-electron chi connectivity index (χ1n) is 8.69. The number of benzene rings is 2. The van der Waals surface area contributed by atoms with E-state index < -0.39 is 6.04 Å². The predicted molar refractivity (Wildman–Crippen MR) is 102 cm³/mol. The monoisotopic (exact) mass is 388 g/mol. The van der Waals surface area contributed by atoms with Gasteiger partial charge in [-0.3, -0.25) is 9.59 Å². The molecule has 3 rings (SSSR count). The minimum Gasteiger partial charge on any atom is -0.486 e. The van der Waals surface area contributed by atoms with Crippen LogP contribution >= 0.6 is 11.6 Å². The Kier molecular flexibility index (Phi) is 6.19. The summed E-state index contributed by atoms with van der Waals surface area (Å²) in [5.74, 6) is 0.975. The molecule has 0 aliphatic carbocycles. The quantitative estimate of drug-likeness (QED) is 0.797. The van der Waals surface area contributed by atoms with Crippen molar-refractivity contribution in [2.24, 2.45) is 0 Å². The molecule has 2 aromatic rings. The number of carbonyl (C=O) groups excluding carboxylic acids is 2. The number of para-hydroxylation sites is 2. The van der Waals surface area contributed by atoms with Crippen molar-refractivity contribution in [2.75, 3.05) is 13.2 Å². The van der Waals surface area contributed by atoms with Crippen LogP contribution in [0.1, 0.15) is 24.9 Å². The molecule has 0 saturated heterocycles. The van der Waals surface area contributed by atoms with Crippen molar-refractivity contribution in [3.05, 3.63) is 59.1 Å². The third-order valence-corrected chi connectivity index (χ3v) is 4.39. The summed E-state index contributed by atoms with van der Waals surface area (Å²) in [5.41, 5.74) is 0.816. The molecule has 2 atom stereocenters. The molecule has 0 bridgehead atoms. The molecule has 2 N–H and O–H groups in total. The van der Waals surface area contributed by atoms with Crippen LogP contribution in [0.3, 0.4) is 0 Å². The number of halogens is 1. The first kappa shape index (κ1) is 19.0. The summed E-state index contributed by atoms with van der Waals surface area (Å²) in [5, 5.41) is 6.24. The maximum atomic E-state index is 12.4. The summed E-state index contributed by atoms with van der Waals surface area (Å²) in [7, 11) is 0. The Morgan fingerprint density at radius 2 is 1.85 bits per heavy atom. The number of amides is 2. The summed E-state index contributed by atoms with van der Waals surface area (Å²) in [6.07, 6.45) is -0.149. The largest absolute Gasteiger partial charge is 0.486 e. The summed E-state index contributed by atoms with van der Waals surface area (Å²) < 4.78 is 11.5. The van der Waals surface area contributed by atoms with Gasteiger partial charge in [-0.05, 0) is 29.8 Å². The fourth-order valence-corrected chi connectivity index (χ4v) is 2.97. The Bertz CT molecular complexity index is 810. The van der Waals surface area contributed by atoms with Gasteiger partial charge in [0.15, 0.2) is 11.5 Å². The number of rotatable bonds is 6. The van der Waals surface area contributed by atoms with Crippen molar-refractivity contribution in [1.82, 2.24) is 10.6 Å². The number of hydrogen-bond acceptors (Lipinski definition) is 4. The van der Waals surface area contributed by atoms with Gasteiger partial charge in [0.25, 0.3) is 0 Å². The van der Waals surface area contributed by atoms with Gasteiger partial charge in [0.05, 0.1) is 19.0 Å². The highest BCUT2D eigenvalue weighted by Crippen LogP contribution is 2.30. The molecule has 1 aliphatic heterocycles. The first-order chi connectivity index (χ1) is 13.0. The highest BCUT2D eigenvalue weighted by Gasteiger charge is 2.22. The molecule has 2 amide bonds. The van der Waals surface area contributed by atoms with Crippen molar-refractivity contribution in [1.29, 1.82) is 0 Å². The molecule has 0 saturated carbocycles. The normalized spacial score (nSPS) is 16.3. The molecule has 2 aromatic carbocycles. The van der Waals surface area contributed by atoms with Gasteiger partial charge in [-0.15, -0.1) is 0 Å². The first-order valence-corrected chi connectivity index (χ1v) is 9.07. The lowest BCUT2D eigenvalue weighted by Crippen LogP contribution is -2.41. The van der Waals surface area contributed by atoms with Crippen LogP contribution in [-0.2, 0) is 9.59 Å². The van der Waals surface area contributed by atoms with E-state index in [2.05, 4.69) is 10.6 Å². The van der Waals surface area contributed by atoms with E-state index >= 15 is 0 Å². The third-order valence-electron chi connectivity index (χ3n) is 4.13. The lowest BCUT2D eigenvalue weighted by Gasteiger charge is -2.26. The molecule has 0 spiro atoms. The molecule has 0 aromatic heterocycles. The third kappa shape index (κ3) is 5.37. The second-order valence-corrected chi connectivity index (χ2v) is 6.75. The number of hydrogen-bond donors (Lipinski definition) is 2. The number of carbonyl (C=O) groups is 2. The van der Waals surface area contributed by atoms with Gasteiger partial charge in [-0.1, -0.05) is 35.9 Å². The zero-order valence-corrected chi connectivity index (χ0v) is 15.7. The van der Waals surface area contributed by atoms with Crippen molar-refractivity contribution in [3.63, 3.8) is 0 Å². The van der Waals surface area contributed by atoms with E-state index in [-0.39, 0.29) is 24.3 Å². The standard InChI is InChI=1S/C20H21ClN2O4/c1-13(24)23-17(14-6-8-15(21)9-7-14)10-20(25)22-11-16-12-26-18-4-2-3-5-19(18)27-16/h2-9,16-17H,10-12H2,1H3,(H,22,25)(H,23,24). The summed E-state index contributed by atoms with van der Waals surface area (Å²) >= 11 is 5.91. The van der Waals surface area contributed by atoms with E-state index in [4.69, 9.17) is 21.1 Å². The average molecular weight is 389 g/mol. The molecule has 1 heterocycles. The van der Waals surface area contributed by atoms with E-state index in [9.17, 15) is 9.59 Å². The van der Waals surface area contributed by atoms with Crippen LogP contribution in [0.2, 0.25) is 5.02 Å². The molecular formula is C20H21ClN2O4. The van der Waals surface area contributed by atoms with Crippen molar-refractivity contribution in [2.45, 2.75) is 25.5 Å². The zero-order chi connectivity index (χ0) is 19.2. The second kappa shape index (κ2) is 8.77. The van der Waals surface area contributed by atoms with Crippen LogP contribution in [-0.4, -0.2) is 31.1 Å². The fourth-order valence-electron chi connectivity index (χ4n) is 2.84. The van der Waals surface area contributed by atoms with Gasteiger partial charge < -0.3 is 20.1 Å². The molecule has 6 nitrogen and oxygen atoms in total. The zero-order valence-electron chi connectivity index (χ0n) is 14.9.